The summed E-state index contributed by atoms with van der Waals surface area (Å²) in [6, 6.07) is 54.1. The van der Waals surface area contributed by atoms with Crippen LogP contribution in [0.4, 0.5) is 22.7 Å². The molecule has 370 valence electrons. The number of ketones is 4. The summed E-state index contributed by atoms with van der Waals surface area (Å²) < 4.78 is 12.9. The number of rotatable bonds is 16. The van der Waals surface area contributed by atoms with Crippen LogP contribution >= 0.6 is 23.5 Å². The second-order valence-electron chi connectivity index (χ2n) is 18.9. The molecular formula is C62H52N2O8S2. The molecule has 7 aromatic rings. The van der Waals surface area contributed by atoms with E-state index >= 15 is 0 Å². The monoisotopic (exact) mass is 1020 g/mol. The average Bonchev–Trinajstić information content (AvgIpc) is 3.82. The van der Waals surface area contributed by atoms with Crippen LogP contribution in [0.15, 0.2) is 191 Å². The van der Waals surface area contributed by atoms with E-state index in [1.54, 1.807) is 84.2 Å². The van der Waals surface area contributed by atoms with Gasteiger partial charge in [0.1, 0.15) is 0 Å². The smallest absolute Gasteiger partial charge is 0.197 e. The van der Waals surface area contributed by atoms with Gasteiger partial charge in [0.2, 0.25) is 0 Å². The molecule has 0 saturated carbocycles. The number of benzene rings is 7. The predicted octanol–water partition coefficient (Wildman–Crippen LogP) is 11.1. The zero-order chi connectivity index (χ0) is 50.7. The van der Waals surface area contributed by atoms with Gasteiger partial charge in [-0.2, -0.15) is 0 Å². The zero-order valence-corrected chi connectivity index (χ0v) is 42.0. The first-order valence-corrected chi connectivity index (χ1v) is 26.8. The molecular weight excluding hydrogens is 965 g/mol. The van der Waals surface area contributed by atoms with E-state index in [9.17, 15) is 29.4 Å². The third-order valence-electron chi connectivity index (χ3n) is 13.8. The van der Waals surface area contributed by atoms with Crippen molar-refractivity contribution in [3.05, 3.63) is 226 Å². The molecule has 7 aromatic carbocycles. The SMILES string of the molecule is O=C1C(=Cc2ccc3c(c2)CC(OCC(O)CSc2cccc(SCC(O)COC4Cc5cc(C=C6C(=O)c7ccccc7C6=O)ccc5N(c5ccccc5)C4)c2)CN3c2ccccc2)C(=O)c2ccccc21. The van der Waals surface area contributed by atoms with Crippen molar-refractivity contribution < 1.29 is 38.9 Å². The molecule has 2 heterocycles. The Balaban J connectivity index is 0.683. The molecule has 4 aliphatic rings. The lowest BCUT2D eigenvalue weighted by atomic mass is 9.95. The van der Waals surface area contributed by atoms with Gasteiger partial charge in [-0.15, -0.1) is 23.5 Å². The number of thioether (sulfide) groups is 2. The third-order valence-corrected chi connectivity index (χ3v) is 16.0. The highest BCUT2D eigenvalue weighted by atomic mass is 32.2. The van der Waals surface area contributed by atoms with Crippen molar-refractivity contribution in [3.8, 4) is 0 Å². The fraction of sp³-hybridized carbons (Fsp3) is 0.194. The van der Waals surface area contributed by atoms with Crippen LogP contribution < -0.4 is 9.80 Å². The summed E-state index contributed by atoms with van der Waals surface area (Å²) in [5.74, 6) is -0.186. The van der Waals surface area contributed by atoms with E-state index < -0.39 is 12.2 Å². The number of ether oxygens (including phenoxy) is 2. The van der Waals surface area contributed by atoms with Crippen molar-refractivity contribution in [1.29, 1.82) is 0 Å². The number of para-hydroxylation sites is 2. The Morgan fingerprint density at radius 2 is 0.851 bits per heavy atom. The second kappa shape index (κ2) is 21.7. The summed E-state index contributed by atoms with van der Waals surface area (Å²) in [6.45, 7) is 1.47. The molecule has 0 bridgehead atoms. The number of Topliss-reactive ketones (excluding diaryl/α,β-unsaturated/α-hetero) is 4. The standard InChI is InChI=1S/C62H52N2O8S2/c65-45(35-71-47-30-41-26-39(22-24-57(41)63(33-47)43-12-3-1-4-13-43)28-55-59(67)51-18-7-8-19-52(51)60(55)68)37-73-49-16-11-17-50(32-49)74-38-46(66)36-72-48-31-42-27-40(23-25-58(42)64(34-48)44-14-5-2-6-15-44)29-56-61(69)53-20-9-10-21-54(53)62(56)70/h1-29,32,45-48,65-66H,30-31,33-38H2. The molecule has 2 aliphatic heterocycles. The van der Waals surface area contributed by atoms with Crippen LogP contribution in [0.1, 0.15) is 63.7 Å². The van der Waals surface area contributed by atoms with Gasteiger partial charge >= 0.3 is 0 Å². The van der Waals surface area contributed by atoms with Crippen LogP contribution in [0.3, 0.4) is 0 Å². The maximum atomic E-state index is 13.2. The van der Waals surface area contributed by atoms with E-state index in [0.29, 0.717) is 59.7 Å². The van der Waals surface area contributed by atoms with Gasteiger partial charge in [-0.05, 0) is 101 Å². The molecule has 0 amide bonds. The van der Waals surface area contributed by atoms with Crippen molar-refractivity contribution >= 4 is 81.6 Å². The highest BCUT2D eigenvalue weighted by molar-refractivity contribution is 8.00. The number of nitrogens with zero attached hydrogens (tertiary/aromatic N) is 2. The van der Waals surface area contributed by atoms with Gasteiger partial charge in [-0.1, -0.05) is 103 Å². The number of carbonyl (C=O) groups excluding carboxylic acids is 4. The van der Waals surface area contributed by atoms with Gasteiger partial charge < -0.3 is 29.5 Å². The summed E-state index contributed by atoms with van der Waals surface area (Å²) in [4.78, 5) is 59.2. The molecule has 0 fully saturated rings. The first-order chi connectivity index (χ1) is 36.1. The number of fused-ring (bicyclic) bond motifs is 4. The molecule has 74 heavy (non-hydrogen) atoms. The Bertz CT molecular complexity index is 3070. The molecule has 0 saturated heterocycles. The van der Waals surface area contributed by atoms with Crippen molar-refractivity contribution in [2.75, 3.05) is 47.6 Å². The number of hydrogen-bond acceptors (Lipinski definition) is 12. The molecule has 2 aliphatic carbocycles. The van der Waals surface area contributed by atoms with Crippen molar-refractivity contribution in [1.82, 2.24) is 0 Å². The van der Waals surface area contributed by atoms with Crippen molar-refractivity contribution in [2.45, 2.75) is 47.0 Å². The Morgan fingerprint density at radius 1 is 0.473 bits per heavy atom. The molecule has 0 spiro atoms. The van der Waals surface area contributed by atoms with Crippen molar-refractivity contribution in [3.63, 3.8) is 0 Å². The Hall–Kier alpha value is -7.16. The van der Waals surface area contributed by atoms with E-state index in [1.807, 2.05) is 91.0 Å². The van der Waals surface area contributed by atoms with Crippen LogP contribution in [0, 0.1) is 0 Å². The Labute approximate surface area is 438 Å². The number of carbonyl (C=O) groups is 4. The van der Waals surface area contributed by atoms with Crippen LogP contribution in [-0.4, -0.2) is 95.6 Å². The molecule has 4 unspecified atom stereocenters. The molecule has 4 atom stereocenters. The summed E-state index contributed by atoms with van der Waals surface area (Å²) in [6.07, 6.45) is 2.65. The first kappa shape index (κ1) is 49.1. The Morgan fingerprint density at radius 3 is 1.24 bits per heavy atom. The van der Waals surface area contributed by atoms with E-state index in [-0.39, 0.29) is 59.7 Å². The zero-order valence-electron chi connectivity index (χ0n) is 40.3. The second-order valence-corrected chi connectivity index (χ2v) is 21.1. The first-order valence-electron chi connectivity index (χ1n) is 24.8. The highest BCUT2D eigenvalue weighted by Gasteiger charge is 2.35. The lowest BCUT2D eigenvalue weighted by molar-refractivity contribution is 0.00187. The number of anilines is 4. The van der Waals surface area contributed by atoms with Crippen LogP contribution in [0.2, 0.25) is 0 Å². The minimum Gasteiger partial charge on any atom is -0.390 e. The van der Waals surface area contributed by atoms with Gasteiger partial charge in [0.15, 0.2) is 23.1 Å². The van der Waals surface area contributed by atoms with Crippen LogP contribution in [0.5, 0.6) is 0 Å². The van der Waals surface area contributed by atoms with Gasteiger partial charge in [0.25, 0.3) is 0 Å². The van der Waals surface area contributed by atoms with Crippen LogP contribution in [0.25, 0.3) is 12.2 Å². The van der Waals surface area contributed by atoms with E-state index in [4.69, 9.17) is 9.47 Å². The largest absolute Gasteiger partial charge is 0.390 e. The topological polar surface area (TPSA) is 134 Å². The minimum absolute atomic E-state index is 0.146. The third kappa shape index (κ3) is 10.5. The predicted molar refractivity (Wildman–Crippen MR) is 293 cm³/mol. The molecule has 12 heteroatoms. The maximum Gasteiger partial charge on any atom is 0.197 e. The highest BCUT2D eigenvalue weighted by Crippen LogP contribution is 2.39. The van der Waals surface area contributed by atoms with E-state index in [0.717, 1.165) is 54.8 Å². The number of aliphatic hydroxyl groups is 2. The van der Waals surface area contributed by atoms with E-state index in [1.165, 1.54) is 0 Å². The average molecular weight is 1020 g/mol. The quantitative estimate of drug-likeness (QED) is 0.0542. The molecule has 2 N–H and O–H groups in total. The fourth-order valence-corrected chi connectivity index (χ4v) is 12.0. The maximum absolute atomic E-state index is 13.2. The minimum atomic E-state index is -0.731. The number of hydrogen-bond donors (Lipinski definition) is 2. The molecule has 11 rings (SSSR count). The van der Waals surface area contributed by atoms with Gasteiger partial charge in [0, 0.05) is 92.2 Å². The number of allylic oxidation sites excluding steroid dienone is 2. The molecule has 0 radical (unpaired) electrons. The van der Waals surface area contributed by atoms with Gasteiger partial charge in [-0.3, -0.25) is 19.2 Å². The Kier molecular flexibility index (Phi) is 14.4. The lowest BCUT2D eigenvalue weighted by Gasteiger charge is -2.36. The van der Waals surface area contributed by atoms with Crippen molar-refractivity contribution in [2.24, 2.45) is 0 Å². The van der Waals surface area contributed by atoms with Gasteiger partial charge in [-0.25, -0.2) is 0 Å². The summed E-state index contributed by atoms with van der Waals surface area (Å²) >= 11 is 3.09. The fourth-order valence-electron chi connectivity index (χ4n) is 10.2. The normalized spacial score (nSPS) is 17.7. The summed E-state index contributed by atoms with van der Waals surface area (Å²) in [5.41, 5.74) is 9.73. The number of aliphatic hydroxyl groups excluding tert-OH is 2. The summed E-state index contributed by atoms with van der Waals surface area (Å²) in [7, 11) is 0. The van der Waals surface area contributed by atoms with E-state index in [2.05, 4.69) is 40.1 Å². The lowest BCUT2D eigenvalue weighted by Crippen LogP contribution is -2.38. The van der Waals surface area contributed by atoms with Crippen LogP contribution in [-0.2, 0) is 22.3 Å². The molecule has 10 nitrogen and oxygen atoms in total. The summed E-state index contributed by atoms with van der Waals surface area (Å²) in [5, 5.41) is 22.4. The molecule has 0 aromatic heterocycles. The van der Waals surface area contributed by atoms with Gasteiger partial charge in [0.05, 0.1) is 48.8 Å².